The lowest BCUT2D eigenvalue weighted by Gasteiger charge is -2.45. The van der Waals surface area contributed by atoms with Crippen LogP contribution in [0.5, 0.6) is 0 Å². The molecule has 5 nitrogen and oxygen atoms in total. The molecule has 5 heterocycles. The number of aromatic nitrogens is 2. The average molecular weight is 284 g/mol. The van der Waals surface area contributed by atoms with Crippen molar-refractivity contribution < 1.29 is 0 Å². The summed E-state index contributed by atoms with van der Waals surface area (Å²) in [6, 6.07) is 7.82. The Morgan fingerprint density at radius 2 is 2.14 bits per heavy atom. The van der Waals surface area contributed by atoms with Crippen molar-refractivity contribution in [3.8, 4) is 0 Å². The van der Waals surface area contributed by atoms with Gasteiger partial charge in [-0.2, -0.15) is 0 Å². The first kappa shape index (κ1) is 13.0. The van der Waals surface area contributed by atoms with Crippen molar-refractivity contribution in [3.05, 3.63) is 46.5 Å². The molecule has 3 aliphatic rings. The molecule has 5 rings (SSSR count). The number of rotatable bonds is 3. The summed E-state index contributed by atoms with van der Waals surface area (Å²) in [5.41, 5.74) is 1.55. The van der Waals surface area contributed by atoms with E-state index in [1.165, 1.54) is 25.9 Å². The van der Waals surface area contributed by atoms with Gasteiger partial charge in [-0.05, 0) is 44.0 Å². The van der Waals surface area contributed by atoms with Crippen LogP contribution in [0.15, 0.2) is 35.3 Å². The van der Waals surface area contributed by atoms with Crippen molar-refractivity contribution >= 4 is 5.65 Å². The van der Waals surface area contributed by atoms with Crippen LogP contribution < -0.4 is 10.9 Å². The summed E-state index contributed by atoms with van der Waals surface area (Å²) in [6.07, 6.45) is 4.35. The maximum atomic E-state index is 12.1. The molecule has 0 aromatic carbocycles. The first-order valence-corrected chi connectivity index (χ1v) is 7.73. The minimum Gasteiger partial charge on any atom is -0.307 e. The Morgan fingerprint density at radius 1 is 1.29 bits per heavy atom. The standard InChI is InChI=1S/C16H20N4O/c21-16-9-13(18-15-3-1-2-6-20(15)16)10-17-14-11-19-7-4-12(14)5-8-19/h1-3,6,9,12,14,17H,4-5,7-8,10-11H2. The molecule has 0 amide bonds. The van der Waals surface area contributed by atoms with E-state index in [1.54, 1.807) is 16.7 Å². The SMILES string of the molecule is O=c1cc(CNC2CN3CCC2CC3)nc2ccccn12. The third kappa shape index (κ3) is 2.47. The van der Waals surface area contributed by atoms with E-state index in [2.05, 4.69) is 15.2 Å². The zero-order valence-corrected chi connectivity index (χ0v) is 12.0. The fourth-order valence-electron chi connectivity index (χ4n) is 3.63. The molecule has 0 aliphatic carbocycles. The monoisotopic (exact) mass is 284 g/mol. The minimum absolute atomic E-state index is 0.00804. The van der Waals surface area contributed by atoms with E-state index in [-0.39, 0.29) is 5.56 Å². The van der Waals surface area contributed by atoms with Crippen molar-refractivity contribution in [1.82, 2.24) is 19.6 Å². The van der Waals surface area contributed by atoms with Gasteiger partial charge < -0.3 is 10.2 Å². The Balaban J connectivity index is 1.51. The molecule has 1 atom stereocenters. The number of pyridine rings is 1. The summed E-state index contributed by atoms with van der Waals surface area (Å²) >= 11 is 0. The fraction of sp³-hybridized carbons (Fsp3) is 0.500. The van der Waals surface area contributed by atoms with Gasteiger partial charge in [0.25, 0.3) is 5.56 Å². The Labute approximate surface area is 123 Å². The maximum Gasteiger partial charge on any atom is 0.258 e. The van der Waals surface area contributed by atoms with Gasteiger partial charge in [0.1, 0.15) is 5.65 Å². The largest absolute Gasteiger partial charge is 0.307 e. The lowest BCUT2D eigenvalue weighted by atomic mass is 9.84. The first-order chi connectivity index (χ1) is 10.3. The van der Waals surface area contributed by atoms with Crippen LogP contribution in [0.1, 0.15) is 18.5 Å². The summed E-state index contributed by atoms with van der Waals surface area (Å²) < 4.78 is 1.58. The number of nitrogens with zero attached hydrogens (tertiary/aromatic N) is 3. The van der Waals surface area contributed by atoms with E-state index in [9.17, 15) is 4.79 Å². The second-order valence-electron chi connectivity index (χ2n) is 6.14. The number of nitrogens with one attached hydrogen (secondary N) is 1. The molecule has 1 unspecified atom stereocenters. The van der Waals surface area contributed by atoms with E-state index in [0.717, 1.165) is 23.8 Å². The molecule has 2 bridgehead atoms. The molecule has 21 heavy (non-hydrogen) atoms. The van der Waals surface area contributed by atoms with Gasteiger partial charge in [-0.25, -0.2) is 4.98 Å². The van der Waals surface area contributed by atoms with Crippen LogP contribution in [0.4, 0.5) is 0 Å². The van der Waals surface area contributed by atoms with Crippen molar-refractivity contribution in [2.75, 3.05) is 19.6 Å². The third-order valence-corrected chi connectivity index (χ3v) is 4.83. The lowest BCUT2D eigenvalue weighted by Crippen LogP contribution is -2.55. The molecule has 5 heteroatoms. The number of hydrogen-bond acceptors (Lipinski definition) is 4. The summed E-state index contributed by atoms with van der Waals surface area (Å²) in [5.74, 6) is 0.788. The predicted octanol–water partition coefficient (Wildman–Crippen LogP) is 0.878. The second kappa shape index (κ2) is 5.24. The van der Waals surface area contributed by atoms with E-state index < -0.39 is 0 Å². The van der Waals surface area contributed by atoms with Crippen LogP contribution >= 0.6 is 0 Å². The van der Waals surface area contributed by atoms with Gasteiger partial charge in [0.05, 0.1) is 5.69 Å². The van der Waals surface area contributed by atoms with Crippen molar-refractivity contribution in [2.45, 2.75) is 25.4 Å². The molecular weight excluding hydrogens is 264 g/mol. The highest BCUT2D eigenvalue weighted by Crippen LogP contribution is 2.27. The van der Waals surface area contributed by atoms with Crippen molar-refractivity contribution in [1.29, 1.82) is 0 Å². The van der Waals surface area contributed by atoms with Crippen LogP contribution in [0, 0.1) is 5.92 Å². The van der Waals surface area contributed by atoms with Gasteiger partial charge >= 0.3 is 0 Å². The minimum atomic E-state index is -0.00804. The van der Waals surface area contributed by atoms with Gasteiger partial charge in [-0.3, -0.25) is 9.20 Å². The molecule has 2 aromatic heterocycles. The molecule has 3 aliphatic heterocycles. The van der Waals surface area contributed by atoms with E-state index >= 15 is 0 Å². The van der Waals surface area contributed by atoms with Gasteiger partial charge in [0.2, 0.25) is 0 Å². The smallest absolute Gasteiger partial charge is 0.258 e. The number of fused-ring (bicyclic) bond motifs is 4. The average Bonchev–Trinajstić information content (AvgIpc) is 2.54. The maximum absolute atomic E-state index is 12.1. The van der Waals surface area contributed by atoms with Crippen LogP contribution in [0.25, 0.3) is 5.65 Å². The highest BCUT2D eigenvalue weighted by Gasteiger charge is 2.33. The highest BCUT2D eigenvalue weighted by molar-refractivity contribution is 5.37. The van der Waals surface area contributed by atoms with Gasteiger partial charge in [-0.15, -0.1) is 0 Å². The molecule has 110 valence electrons. The number of hydrogen-bond donors (Lipinski definition) is 1. The zero-order chi connectivity index (χ0) is 14.2. The second-order valence-corrected chi connectivity index (χ2v) is 6.14. The van der Waals surface area contributed by atoms with Gasteiger partial charge in [-0.1, -0.05) is 6.07 Å². The molecular formula is C16H20N4O. The third-order valence-electron chi connectivity index (χ3n) is 4.83. The van der Waals surface area contributed by atoms with Crippen LogP contribution in [0.2, 0.25) is 0 Å². The van der Waals surface area contributed by atoms with Crippen LogP contribution in [0.3, 0.4) is 0 Å². The normalized spacial score (nSPS) is 28.1. The first-order valence-electron chi connectivity index (χ1n) is 7.73. The molecule has 0 radical (unpaired) electrons. The molecule has 1 N–H and O–H groups in total. The summed E-state index contributed by atoms with van der Waals surface area (Å²) in [4.78, 5) is 19.2. The Kier molecular flexibility index (Phi) is 3.24. The van der Waals surface area contributed by atoms with E-state index in [4.69, 9.17) is 0 Å². The molecule has 3 saturated heterocycles. The zero-order valence-electron chi connectivity index (χ0n) is 12.0. The lowest BCUT2D eigenvalue weighted by molar-refractivity contribution is 0.0718. The molecule has 0 saturated carbocycles. The Hall–Kier alpha value is -1.72. The van der Waals surface area contributed by atoms with Crippen LogP contribution in [-0.4, -0.2) is 40.0 Å². The van der Waals surface area contributed by atoms with Gasteiger partial charge in [0.15, 0.2) is 0 Å². The predicted molar refractivity (Wildman–Crippen MR) is 81.3 cm³/mol. The topological polar surface area (TPSA) is 49.6 Å². The summed E-state index contributed by atoms with van der Waals surface area (Å²) in [6.45, 7) is 4.31. The van der Waals surface area contributed by atoms with E-state index in [0.29, 0.717) is 12.6 Å². The van der Waals surface area contributed by atoms with Crippen molar-refractivity contribution in [2.24, 2.45) is 5.92 Å². The van der Waals surface area contributed by atoms with Crippen molar-refractivity contribution in [3.63, 3.8) is 0 Å². The van der Waals surface area contributed by atoms with Crippen LogP contribution in [-0.2, 0) is 6.54 Å². The summed E-state index contributed by atoms with van der Waals surface area (Å²) in [5, 5.41) is 3.61. The van der Waals surface area contributed by atoms with E-state index in [1.807, 2.05) is 18.2 Å². The number of piperidine rings is 3. The fourth-order valence-corrected chi connectivity index (χ4v) is 3.63. The Bertz CT molecular complexity index is 703. The summed E-state index contributed by atoms with van der Waals surface area (Å²) in [7, 11) is 0. The highest BCUT2D eigenvalue weighted by atomic mass is 16.1. The Morgan fingerprint density at radius 3 is 2.90 bits per heavy atom. The molecule has 3 fully saturated rings. The van der Waals surface area contributed by atoms with Gasteiger partial charge in [0, 0.05) is 31.4 Å². The molecule has 2 aromatic rings. The quantitative estimate of drug-likeness (QED) is 0.909. The molecule has 0 spiro atoms.